The molecule has 0 amide bonds. The van der Waals surface area contributed by atoms with Crippen LogP contribution in [-0.4, -0.2) is 16.1 Å². The highest BCUT2D eigenvalue weighted by Gasteiger charge is 2.27. The van der Waals surface area contributed by atoms with Crippen molar-refractivity contribution in [1.29, 1.82) is 0 Å². The van der Waals surface area contributed by atoms with Crippen molar-refractivity contribution < 1.29 is 13.2 Å². The average molecular weight is 259 g/mol. The topological polar surface area (TPSA) is 74.7 Å². The molecule has 1 unspecified atom stereocenters. The van der Waals surface area contributed by atoms with E-state index in [0.717, 1.165) is 0 Å². The second kappa shape index (κ2) is 4.49. The molecule has 4 N–H and O–H groups in total. The van der Waals surface area contributed by atoms with Crippen molar-refractivity contribution in [2.45, 2.75) is 25.1 Å². The summed E-state index contributed by atoms with van der Waals surface area (Å²) in [4.78, 5) is 16.1. The van der Waals surface area contributed by atoms with Gasteiger partial charge in [0, 0.05) is 12.5 Å². The standard InChI is InChI=1S/C11H12F3N3O/c12-11(13,14)4-3-7(15)6-1-2-8-9(5-6)17-10(18)16-8/h1-2,5,7H,3-4,15H2,(H2,16,17,18). The van der Waals surface area contributed by atoms with Crippen LogP contribution in [0.2, 0.25) is 0 Å². The van der Waals surface area contributed by atoms with Crippen molar-refractivity contribution >= 4 is 11.0 Å². The Labute approximate surface area is 100.0 Å². The zero-order valence-electron chi connectivity index (χ0n) is 9.34. The fourth-order valence-corrected chi connectivity index (χ4v) is 1.77. The number of H-pyrrole nitrogens is 2. The Bertz CT molecular complexity index is 599. The fourth-order valence-electron chi connectivity index (χ4n) is 1.77. The molecule has 0 saturated carbocycles. The number of nitrogens with one attached hydrogen (secondary N) is 2. The van der Waals surface area contributed by atoms with Crippen molar-refractivity contribution in [3.05, 3.63) is 34.2 Å². The third-order valence-electron chi connectivity index (χ3n) is 2.71. The van der Waals surface area contributed by atoms with E-state index in [2.05, 4.69) is 9.97 Å². The van der Waals surface area contributed by atoms with E-state index in [-0.39, 0.29) is 12.1 Å². The van der Waals surface area contributed by atoms with E-state index in [9.17, 15) is 18.0 Å². The Morgan fingerprint density at radius 1 is 1.22 bits per heavy atom. The van der Waals surface area contributed by atoms with E-state index in [1.807, 2.05) is 0 Å². The third kappa shape index (κ3) is 2.92. The van der Waals surface area contributed by atoms with Crippen LogP contribution in [0.15, 0.2) is 23.0 Å². The molecule has 0 aliphatic heterocycles. The minimum atomic E-state index is -4.20. The van der Waals surface area contributed by atoms with Gasteiger partial charge in [-0.25, -0.2) is 4.79 Å². The van der Waals surface area contributed by atoms with E-state index in [1.165, 1.54) is 0 Å². The fraction of sp³-hybridized carbons (Fsp3) is 0.364. The number of hydrogen-bond acceptors (Lipinski definition) is 2. The lowest BCUT2D eigenvalue weighted by Gasteiger charge is -2.13. The molecule has 98 valence electrons. The number of fused-ring (bicyclic) bond motifs is 1. The molecule has 0 bridgehead atoms. The van der Waals surface area contributed by atoms with Crippen molar-refractivity contribution in [2.75, 3.05) is 0 Å². The van der Waals surface area contributed by atoms with E-state index in [1.54, 1.807) is 18.2 Å². The van der Waals surface area contributed by atoms with Crippen LogP contribution in [0.1, 0.15) is 24.4 Å². The van der Waals surface area contributed by atoms with Crippen LogP contribution in [0.5, 0.6) is 0 Å². The van der Waals surface area contributed by atoms with Crippen LogP contribution < -0.4 is 11.4 Å². The second-order valence-electron chi connectivity index (χ2n) is 4.14. The number of rotatable bonds is 3. The largest absolute Gasteiger partial charge is 0.389 e. The van der Waals surface area contributed by atoms with Gasteiger partial charge in [0.05, 0.1) is 11.0 Å². The molecule has 4 nitrogen and oxygen atoms in total. The van der Waals surface area contributed by atoms with Crippen molar-refractivity contribution in [3.8, 4) is 0 Å². The molecule has 0 fully saturated rings. The Hall–Kier alpha value is -1.76. The molecule has 0 saturated heterocycles. The van der Waals surface area contributed by atoms with Gasteiger partial charge in [-0.05, 0) is 24.1 Å². The summed E-state index contributed by atoms with van der Waals surface area (Å²) in [5, 5.41) is 0. The van der Waals surface area contributed by atoms with Gasteiger partial charge in [-0.3, -0.25) is 0 Å². The first-order valence-electron chi connectivity index (χ1n) is 5.39. The summed E-state index contributed by atoms with van der Waals surface area (Å²) >= 11 is 0. The third-order valence-corrected chi connectivity index (χ3v) is 2.71. The predicted molar refractivity (Wildman–Crippen MR) is 61.1 cm³/mol. The summed E-state index contributed by atoms with van der Waals surface area (Å²) in [7, 11) is 0. The van der Waals surface area contributed by atoms with Gasteiger partial charge >= 0.3 is 11.9 Å². The lowest BCUT2D eigenvalue weighted by atomic mass is 10.0. The lowest BCUT2D eigenvalue weighted by Crippen LogP contribution is -2.15. The van der Waals surface area contributed by atoms with Crippen LogP contribution in [0.4, 0.5) is 13.2 Å². The Balaban J connectivity index is 2.17. The molecule has 1 aromatic heterocycles. The SMILES string of the molecule is NC(CCC(F)(F)F)c1ccc2[nH]c(=O)[nH]c2c1. The van der Waals surface area contributed by atoms with Crippen LogP contribution in [0.25, 0.3) is 11.0 Å². The summed E-state index contributed by atoms with van der Waals surface area (Å²) in [5.74, 6) is 0. The number of aromatic nitrogens is 2. The van der Waals surface area contributed by atoms with Gasteiger partial charge in [0.25, 0.3) is 0 Å². The maximum atomic E-state index is 12.1. The highest BCUT2D eigenvalue weighted by molar-refractivity contribution is 5.75. The van der Waals surface area contributed by atoms with Gasteiger partial charge in [0.1, 0.15) is 0 Å². The van der Waals surface area contributed by atoms with E-state index in [0.29, 0.717) is 16.6 Å². The maximum Gasteiger partial charge on any atom is 0.389 e. The molecule has 0 spiro atoms. The first kappa shape index (κ1) is 12.7. The number of halogens is 3. The predicted octanol–water partition coefficient (Wildman–Crippen LogP) is 2.20. The minimum Gasteiger partial charge on any atom is -0.324 e. The van der Waals surface area contributed by atoms with Crippen molar-refractivity contribution in [2.24, 2.45) is 5.73 Å². The molecule has 2 aromatic rings. The molecule has 0 aliphatic rings. The average Bonchev–Trinajstić information content (AvgIpc) is 2.63. The van der Waals surface area contributed by atoms with Crippen LogP contribution in [0, 0.1) is 0 Å². The normalized spacial score (nSPS) is 14.0. The zero-order valence-corrected chi connectivity index (χ0v) is 9.34. The van der Waals surface area contributed by atoms with Crippen molar-refractivity contribution in [1.82, 2.24) is 9.97 Å². The lowest BCUT2D eigenvalue weighted by molar-refractivity contribution is -0.136. The molecular weight excluding hydrogens is 247 g/mol. The zero-order chi connectivity index (χ0) is 13.3. The number of alkyl halides is 3. The molecule has 2 rings (SSSR count). The van der Waals surface area contributed by atoms with Crippen molar-refractivity contribution in [3.63, 3.8) is 0 Å². The monoisotopic (exact) mass is 259 g/mol. The van der Waals surface area contributed by atoms with Crippen LogP contribution in [0.3, 0.4) is 0 Å². The molecule has 1 atom stereocenters. The van der Waals surface area contributed by atoms with Gasteiger partial charge < -0.3 is 15.7 Å². The highest BCUT2D eigenvalue weighted by atomic mass is 19.4. The molecule has 1 aromatic carbocycles. The van der Waals surface area contributed by atoms with Gasteiger partial charge in [0.15, 0.2) is 0 Å². The number of nitrogens with two attached hydrogens (primary N) is 1. The first-order valence-corrected chi connectivity index (χ1v) is 5.39. The summed E-state index contributed by atoms with van der Waals surface area (Å²) in [6.07, 6.45) is -5.30. The highest BCUT2D eigenvalue weighted by Crippen LogP contribution is 2.27. The first-order chi connectivity index (χ1) is 8.35. The number of benzene rings is 1. The molecule has 7 heteroatoms. The summed E-state index contributed by atoms with van der Waals surface area (Å²) < 4.78 is 36.2. The maximum absolute atomic E-state index is 12.1. The molecular formula is C11H12F3N3O. The Kier molecular flexibility index (Phi) is 3.16. The Morgan fingerprint density at radius 2 is 1.89 bits per heavy atom. The Morgan fingerprint density at radius 3 is 2.56 bits per heavy atom. The number of hydrogen-bond donors (Lipinski definition) is 3. The van der Waals surface area contributed by atoms with Crippen LogP contribution >= 0.6 is 0 Å². The number of imidazole rings is 1. The van der Waals surface area contributed by atoms with E-state index < -0.39 is 18.6 Å². The molecule has 0 radical (unpaired) electrons. The van der Waals surface area contributed by atoms with Gasteiger partial charge in [-0.2, -0.15) is 13.2 Å². The summed E-state index contributed by atoms with van der Waals surface area (Å²) in [6.45, 7) is 0. The van der Waals surface area contributed by atoms with Gasteiger partial charge in [0.2, 0.25) is 0 Å². The summed E-state index contributed by atoms with van der Waals surface area (Å²) in [5.41, 5.74) is 7.06. The molecule has 0 aliphatic carbocycles. The second-order valence-corrected chi connectivity index (χ2v) is 4.14. The molecule has 18 heavy (non-hydrogen) atoms. The quantitative estimate of drug-likeness (QED) is 0.790. The summed E-state index contributed by atoms with van der Waals surface area (Å²) in [6, 6.07) is 4.13. The van der Waals surface area contributed by atoms with Gasteiger partial charge in [-0.1, -0.05) is 6.07 Å². The molecule has 1 heterocycles. The van der Waals surface area contributed by atoms with Crippen LogP contribution in [-0.2, 0) is 0 Å². The smallest absolute Gasteiger partial charge is 0.324 e. The van der Waals surface area contributed by atoms with E-state index in [4.69, 9.17) is 5.73 Å². The van der Waals surface area contributed by atoms with E-state index >= 15 is 0 Å². The van der Waals surface area contributed by atoms with Gasteiger partial charge in [-0.15, -0.1) is 0 Å². The number of aromatic amines is 2. The minimum absolute atomic E-state index is 0.177.